The average molecular weight is 1620 g/mol. The third kappa shape index (κ3) is 14.4. The molecule has 3 atom stereocenters. The number of rotatable bonds is 15. The van der Waals surface area contributed by atoms with Crippen molar-refractivity contribution >= 4 is 88.9 Å². The van der Waals surface area contributed by atoms with Crippen LogP contribution in [-0.4, -0.2) is 202 Å². The summed E-state index contributed by atoms with van der Waals surface area (Å²) in [5, 5.41) is 22.7. The second-order valence-electron chi connectivity index (χ2n) is 35.0. The molecule has 23 rings (SSSR count). The van der Waals surface area contributed by atoms with Crippen LogP contribution in [0.2, 0.25) is 0 Å². The van der Waals surface area contributed by atoms with Gasteiger partial charge in [0.05, 0.1) is 153 Å². The number of hydrogen-bond donors (Lipinski definition) is 2. The van der Waals surface area contributed by atoms with Crippen molar-refractivity contribution in [3.63, 3.8) is 0 Å². The third-order valence-electron chi connectivity index (χ3n) is 26.5. The minimum Gasteiger partial charge on any atom is -0.496 e. The van der Waals surface area contributed by atoms with Crippen molar-refractivity contribution in [1.82, 2.24) is 83.2 Å². The SMILES string of the molecule is COc1cc2c(-c3cnn4cc(N5CC6(CC(N)C6)C5)cnc34)ccnc2cc1C.COc1cc2c(-c3cnn4cc(N5CCC(OCCN(C)C)CC5)cnc34)ccnc2cc1C.COc1cc2c(-c3cnn4cc(N5C[C@@H]6C(C)[C@@H]6C5)cnc34)ccnc2cc1C.Cc1cc(-c2cnn3cc(N4CC5(CC(N)C5)C4)cnc23)c2ccccc2n1. The average Bonchev–Trinajstić information content (AvgIpc) is 1.72. The molecule has 4 saturated heterocycles. The molecule has 7 fully saturated rings. The van der Waals surface area contributed by atoms with Crippen LogP contribution in [0.4, 0.5) is 22.7 Å². The van der Waals surface area contributed by atoms with Crippen molar-refractivity contribution in [2.75, 3.05) is 121 Å². The van der Waals surface area contributed by atoms with E-state index in [9.17, 15) is 0 Å². The van der Waals surface area contributed by atoms with Gasteiger partial charge in [0.2, 0.25) is 0 Å². The number of nitrogens with zero attached hydrogens (tertiary/aromatic N) is 21. The van der Waals surface area contributed by atoms with Crippen LogP contribution < -0.4 is 45.3 Å². The van der Waals surface area contributed by atoms with Crippen LogP contribution in [0.15, 0.2) is 178 Å². The summed E-state index contributed by atoms with van der Waals surface area (Å²) in [6, 6.07) is 29.5. The van der Waals surface area contributed by atoms with E-state index >= 15 is 0 Å². The van der Waals surface area contributed by atoms with Crippen molar-refractivity contribution in [2.24, 2.45) is 40.1 Å². The monoisotopic (exact) mass is 1620 g/mol. The molecule has 616 valence electrons. The van der Waals surface area contributed by atoms with Crippen molar-refractivity contribution < 1.29 is 18.9 Å². The smallest absolute Gasteiger partial charge is 0.162 e. The van der Waals surface area contributed by atoms with Gasteiger partial charge in [-0.2, -0.15) is 20.4 Å². The predicted molar refractivity (Wildman–Crippen MR) is 475 cm³/mol. The molecule has 27 heteroatoms. The summed E-state index contributed by atoms with van der Waals surface area (Å²) in [7, 11) is 9.24. The summed E-state index contributed by atoms with van der Waals surface area (Å²) in [5.74, 6) is 5.18. The highest BCUT2D eigenvalue weighted by Gasteiger charge is 2.54. The van der Waals surface area contributed by atoms with E-state index in [1.165, 1.54) is 0 Å². The number of aryl methyl sites for hydroxylation is 4. The lowest BCUT2D eigenvalue weighted by Gasteiger charge is -2.59. The Morgan fingerprint density at radius 2 is 0.802 bits per heavy atom. The number of anilines is 4. The van der Waals surface area contributed by atoms with E-state index < -0.39 is 0 Å². The van der Waals surface area contributed by atoms with Gasteiger partial charge >= 0.3 is 0 Å². The molecule has 4 N–H and O–H groups in total. The Balaban J connectivity index is 0.000000103. The molecular weight excluding hydrogens is 1520 g/mol. The summed E-state index contributed by atoms with van der Waals surface area (Å²) in [4.78, 5) is 49.2. The first-order valence-electron chi connectivity index (χ1n) is 42.1. The maximum Gasteiger partial charge on any atom is 0.162 e. The minimum atomic E-state index is 0.338. The maximum atomic E-state index is 6.04. The quantitative estimate of drug-likeness (QED) is 0.0964. The van der Waals surface area contributed by atoms with Crippen LogP contribution in [0, 0.1) is 56.3 Å². The Bertz CT molecular complexity index is 6630. The van der Waals surface area contributed by atoms with Gasteiger partial charge in [-0.25, -0.2) is 38.0 Å². The second kappa shape index (κ2) is 30.9. The number of ether oxygens (including phenoxy) is 4. The lowest BCUT2D eigenvalue weighted by molar-refractivity contribution is 0.0294. The zero-order valence-corrected chi connectivity index (χ0v) is 70.2. The highest BCUT2D eigenvalue weighted by molar-refractivity contribution is 6.02. The van der Waals surface area contributed by atoms with Crippen molar-refractivity contribution in [3.05, 3.63) is 200 Å². The maximum absolute atomic E-state index is 6.04. The second-order valence-corrected chi connectivity index (χ2v) is 35.0. The summed E-state index contributed by atoms with van der Waals surface area (Å²) >= 11 is 0. The highest BCUT2D eigenvalue weighted by Crippen LogP contribution is 2.53. The summed E-state index contributed by atoms with van der Waals surface area (Å²) in [5.41, 5.74) is 37.1. The number of pyridine rings is 4. The first kappa shape index (κ1) is 77.1. The number of nitrogens with two attached hydrogens (primary N) is 2. The minimum absolute atomic E-state index is 0.338. The van der Waals surface area contributed by atoms with Crippen LogP contribution in [0.5, 0.6) is 17.2 Å². The van der Waals surface area contributed by atoms with Crippen LogP contribution in [0.3, 0.4) is 0 Å². The lowest BCUT2D eigenvalue weighted by atomic mass is 9.61. The van der Waals surface area contributed by atoms with Gasteiger partial charge in [-0.05, 0) is 204 Å². The summed E-state index contributed by atoms with van der Waals surface area (Å²) in [6.45, 7) is 20.7. The van der Waals surface area contributed by atoms with Gasteiger partial charge in [0.1, 0.15) is 17.2 Å². The fraction of sp³-hybridized carbons (Fsp3) is 0.362. The van der Waals surface area contributed by atoms with E-state index in [4.69, 9.17) is 50.4 Å². The first-order chi connectivity index (χ1) is 58.8. The van der Waals surface area contributed by atoms with Crippen molar-refractivity contribution in [2.45, 2.75) is 91.3 Å². The molecule has 7 aliphatic rings. The molecular formula is C94H101N23O4. The Morgan fingerprint density at radius 3 is 1.19 bits per heavy atom. The van der Waals surface area contributed by atoms with E-state index in [1.807, 2.05) is 150 Å². The molecule has 27 nitrogen and oxygen atoms in total. The van der Waals surface area contributed by atoms with Crippen molar-refractivity contribution in [1.29, 1.82) is 0 Å². The molecule has 0 radical (unpaired) electrons. The van der Waals surface area contributed by atoms with Gasteiger partial charge in [0.25, 0.3) is 0 Å². The molecule has 12 aromatic heterocycles. The number of fused-ring (bicyclic) bond motifs is 9. The number of likely N-dealkylation sites (N-methyl/N-ethyl adjacent to an activating group) is 1. The number of methoxy groups -OCH3 is 3. The Kier molecular flexibility index (Phi) is 19.7. The zero-order chi connectivity index (χ0) is 82.7. The normalized spacial score (nSPS) is 18.5. The molecule has 3 aliphatic carbocycles. The van der Waals surface area contributed by atoms with Gasteiger partial charge < -0.3 is 54.9 Å². The van der Waals surface area contributed by atoms with Crippen LogP contribution in [-0.2, 0) is 4.74 Å². The fourth-order valence-corrected chi connectivity index (χ4v) is 19.8. The van der Waals surface area contributed by atoms with Gasteiger partial charge in [0, 0.05) is 150 Å². The standard InChI is InChI=1S/C26H32N6O2.C23H24N6O.C23H23N5O.C22H22N6/c1-18-13-24-22(14-25(18)33-4)21(5-8-27-24)23-16-29-32-17-19(15-28-26(23)32)31-9-6-20(7-10-31)34-12-11-30(2)3;1-14-5-20-18(6-21(14)30-2)17(3-4-25-20)19-10-27-29-11-16(9-26-22(19)29)28-12-23(13-28)7-15(24)8-23;1-13-6-21-17(7-22(13)29-3)16(4-5-24-21)18-9-26-28-10-15(8-25-23(18)28)27-11-19-14(2)20(19)12-27;1-14-6-18(17-4-2-3-5-20(17)26-14)19-10-25-28-11-16(9-24-21(19)28)27-12-22(13-27)7-15(23)8-22/h5,8,13-17,20H,6-7,9-12H2,1-4H3;3-6,9-11,15H,7-8,12-13,24H2,1-2H3;4-10,14,19-20H,11-12H2,1-3H3;2-6,9-11,15H,7-8,12-13,23H2,1H3/t;;14?,19-,20+;. The topological polar surface area (TPSA) is 277 Å². The van der Waals surface area contributed by atoms with Crippen LogP contribution in [0.25, 0.3) is 111 Å². The molecule has 0 bridgehead atoms. The van der Waals surface area contributed by atoms with E-state index in [-0.39, 0.29) is 0 Å². The molecule has 16 heterocycles. The molecule has 3 saturated carbocycles. The highest BCUT2D eigenvalue weighted by atomic mass is 16.5. The molecule has 121 heavy (non-hydrogen) atoms. The predicted octanol–water partition coefficient (Wildman–Crippen LogP) is 14.1. The first-order valence-corrected chi connectivity index (χ1v) is 42.1. The van der Waals surface area contributed by atoms with Gasteiger partial charge in [-0.1, -0.05) is 25.1 Å². The van der Waals surface area contributed by atoms with Gasteiger partial charge in [0.15, 0.2) is 22.6 Å². The number of para-hydroxylation sites is 1. The fourth-order valence-electron chi connectivity index (χ4n) is 19.8. The number of benzene rings is 4. The van der Waals surface area contributed by atoms with E-state index in [2.05, 4.69) is 159 Å². The van der Waals surface area contributed by atoms with E-state index in [0.29, 0.717) is 29.0 Å². The van der Waals surface area contributed by atoms with Crippen molar-refractivity contribution in [3.8, 4) is 61.8 Å². The zero-order valence-electron chi connectivity index (χ0n) is 70.2. The largest absolute Gasteiger partial charge is 0.496 e. The molecule has 16 aromatic rings. The van der Waals surface area contributed by atoms with E-state index in [0.717, 1.165) is 295 Å². The summed E-state index contributed by atoms with van der Waals surface area (Å²) in [6.07, 6.45) is 36.3. The Morgan fingerprint density at radius 1 is 0.421 bits per heavy atom. The number of piperidine rings is 2. The molecule has 1 unspecified atom stereocenters. The number of hydrogen-bond acceptors (Lipinski definition) is 23. The third-order valence-corrected chi connectivity index (χ3v) is 26.5. The van der Waals surface area contributed by atoms with Crippen LogP contribution in [0.1, 0.15) is 67.8 Å². The lowest BCUT2D eigenvalue weighted by Crippen LogP contribution is -2.65. The Labute approximate surface area is 701 Å². The molecule has 2 spiro atoms. The summed E-state index contributed by atoms with van der Waals surface area (Å²) < 4.78 is 30.2. The number of aromatic nitrogens is 16. The molecule has 4 aliphatic heterocycles. The van der Waals surface area contributed by atoms with Gasteiger partial charge in [-0.3, -0.25) is 19.9 Å². The van der Waals surface area contributed by atoms with E-state index in [1.54, 1.807) is 21.3 Å². The molecule has 4 aromatic carbocycles. The molecule has 0 amide bonds. The van der Waals surface area contributed by atoms with Crippen LogP contribution >= 0.6 is 0 Å². The van der Waals surface area contributed by atoms with Gasteiger partial charge in [-0.15, -0.1) is 0 Å². The Hall–Kier alpha value is -12.6.